The molecule has 0 saturated heterocycles. The number of nitrogens with zero attached hydrogens (tertiary/aromatic N) is 1. The molecule has 4 fully saturated rings. The first-order chi connectivity index (χ1) is 15.3. The SMILES string of the molecule is COC(=O)c1ccc2c(c1)CCN2C(=O)C(NC(=O)C12CC3CC(CC(C3)C1)C2)C(C)C. The molecule has 5 aliphatic rings. The first-order valence-corrected chi connectivity index (χ1v) is 12.1. The average Bonchev–Trinajstić information content (AvgIpc) is 3.18. The van der Waals surface area contributed by atoms with E-state index in [4.69, 9.17) is 4.74 Å². The van der Waals surface area contributed by atoms with E-state index in [2.05, 4.69) is 5.32 Å². The molecule has 6 rings (SSSR count). The van der Waals surface area contributed by atoms with Crippen molar-refractivity contribution < 1.29 is 19.1 Å². The highest BCUT2D eigenvalue weighted by Gasteiger charge is 2.55. The van der Waals surface area contributed by atoms with Crippen molar-refractivity contribution in [1.29, 1.82) is 0 Å². The van der Waals surface area contributed by atoms with Gasteiger partial charge in [0.25, 0.3) is 0 Å². The van der Waals surface area contributed by atoms with Crippen LogP contribution < -0.4 is 10.2 Å². The summed E-state index contributed by atoms with van der Waals surface area (Å²) in [6, 6.07) is 4.80. The highest BCUT2D eigenvalue weighted by Crippen LogP contribution is 2.60. The second-order valence-corrected chi connectivity index (χ2v) is 11.0. The molecule has 0 spiro atoms. The molecule has 1 unspecified atom stereocenters. The van der Waals surface area contributed by atoms with Crippen molar-refractivity contribution in [3.8, 4) is 0 Å². The van der Waals surface area contributed by atoms with Crippen molar-refractivity contribution >= 4 is 23.5 Å². The van der Waals surface area contributed by atoms with E-state index in [1.165, 1.54) is 26.4 Å². The Bertz CT molecular complexity index is 918. The normalized spacial score (nSPS) is 30.9. The van der Waals surface area contributed by atoms with Gasteiger partial charge in [0.05, 0.1) is 12.7 Å². The Labute approximate surface area is 190 Å². The number of hydrogen-bond donors (Lipinski definition) is 1. The van der Waals surface area contributed by atoms with Crippen LogP contribution in [-0.4, -0.2) is 37.5 Å². The predicted molar refractivity (Wildman–Crippen MR) is 121 cm³/mol. The Hall–Kier alpha value is -2.37. The maximum Gasteiger partial charge on any atom is 0.337 e. The third-order valence-corrected chi connectivity index (χ3v) is 8.40. The molecule has 1 heterocycles. The predicted octanol–water partition coefficient (Wildman–Crippen LogP) is 3.72. The maximum atomic E-state index is 13.6. The molecule has 4 aliphatic carbocycles. The van der Waals surface area contributed by atoms with Gasteiger partial charge >= 0.3 is 5.97 Å². The molecule has 4 bridgehead atoms. The molecule has 1 atom stereocenters. The number of benzene rings is 1. The van der Waals surface area contributed by atoms with Crippen LogP contribution in [0.3, 0.4) is 0 Å². The molecule has 1 aromatic carbocycles. The van der Waals surface area contributed by atoms with Gasteiger partial charge in [0.15, 0.2) is 0 Å². The quantitative estimate of drug-likeness (QED) is 0.711. The number of rotatable bonds is 5. The first-order valence-electron chi connectivity index (χ1n) is 12.1. The van der Waals surface area contributed by atoms with Crippen LogP contribution in [0.2, 0.25) is 0 Å². The zero-order chi connectivity index (χ0) is 22.6. The smallest absolute Gasteiger partial charge is 0.337 e. The number of carbonyl (C=O) groups excluding carboxylic acids is 3. The number of ether oxygens (including phenoxy) is 1. The summed E-state index contributed by atoms with van der Waals surface area (Å²) in [6.07, 6.45) is 7.54. The summed E-state index contributed by atoms with van der Waals surface area (Å²) < 4.78 is 4.82. The van der Waals surface area contributed by atoms with E-state index in [-0.39, 0.29) is 29.1 Å². The highest BCUT2D eigenvalue weighted by atomic mass is 16.5. The van der Waals surface area contributed by atoms with Crippen LogP contribution in [0, 0.1) is 29.1 Å². The third kappa shape index (κ3) is 3.52. The van der Waals surface area contributed by atoms with E-state index >= 15 is 0 Å². The Morgan fingerprint density at radius 1 is 1.06 bits per heavy atom. The van der Waals surface area contributed by atoms with E-state index in [1.54, 1.807) is 11.0 Å². The lowest BCUT2D eigenvalue weighted by Crippen LogP contribution is -2.58. The number of esters is 1. The molecule has 1 aromatic rings. The molecule has 1 N–H and O–H groups in total. The van der Waals surface area contributed by atoms with Crippen LogP contribution in [-0.2, 0) is 20.7 Å². The zero-order valence-electron chi connectivity index (χ0n) is 19.4. The summed E-state index contributed by atoms with van der Waals surface area (Å²) in [4.78, 5) is 40.8. The van der Waals surface area contributed by atoms with Crippen molar-refractivity contribution in [3.63, 3.8) is 0 Å². The molecule has 0 radical (unpaired) electrons. The summed E-state index contributed by atoms with van der Waals surface area (Å²) in [6.45, 7) is 4.56. The number of carbonyl (C=O) groups is 3. The molecule has 2 amide bonds. The molecule has 6 heteroatoms. The third-order valence-electron chi connectivity index (χ3n) is 8.40. The minimum atomic E-state index is -0.540. The Balaban J connectivity index is 1.34. The lowest BCUT2D eigenvalue weighted by Gasteiger charge is -2.56. The topological polar surface area (TPSA) is 75.7 Å². The van der Waals surface area contributed by atoms with Crippen molar-refractivity contribution in [2.75, 3.05) is 18.6 Å². The molecule has 4 saturated carbocycles. The Kier molecular flexibility index (Phi) is 5.30. The van der Waals surface area contributed by atoms with Crippen LogP contribution in [0.1, 0.15) is 68.3 Å². The van der Waals surface area contributed by atoms with E-state index in [1.807, 2.05) is 26.0 Å². The van der Waals surface area contributed by atoms with Gasteiger partial charge in [-0.3, -0.25) is 9.59 Å². The fourth-order valence-corrected chi connectivity index (χ4v) is 7.24. The summed E-state index contributed by atoms with van der Waals surface area (Å²) in [5.74, 6) is 1.74. The van der Waals surface area contributed by atoms with E-state index < -0.39 is 6.04 Å². The van der Waals surface area contributed by atoms with Crippen molar-refractivity contribution in [3.05, 3.63) is 29.3 Å². The molecule has 172 valence electrons. The lowest BCUT2D eigenvalue weighted by atomic mass is 9.49. The van der Waals surface area contributed by atoms with Gasteiger partial charge in [-0.2, -0.15) is 0 Å². The van der Waals surface area contributed by atoms with Gasteiger partial charge in [0.2, 0.25) is 11.8 Å². The Morgan fingerprint density at radius 3 is 2.25 bits per heavy atom. The van der Waals surface area contributed by atoms with Crippen molar-refractivity contribution in [1.82, 2.24) is 5.32 Å². The number of hydrogen-bond acceptors (Lipinski definition) is 4. The van der Waals surface area contributed by atoms with E-state index in [0.29, 0.717) is 36.3 Å². The van der Waals surface area contributed by atoms with Gasteiger partial charge in [0, 0.05) is 17.6 Å². The fraction of sp³-hybridized carbons (Fsp3) is 0.654. The minimum absolute atomic E-state index is 0.00115. The number of methoxy groups -OCH3 is 1. The van der Waals surface area contributed by atoms with Gasteiger partial charge in [-0.15, -0.1) is 0 Å². The highest BCUT2D eigenvalue weighted by molar-refractivity contribution is 6.02. The van der Waals surface area contributed by atoms with Crippen LogP contribution in [0.5, 0.6) is 0 Å². The summed E-state index contributed by atoms with van der Waals surface area (Å²) in [5, 5.41) is 3.22. The minimum Gasteiger partial charge on any atom is -0.465 e. The average molecular weight is 439 g/mol. The molecular formula is C26H34N2O4. The fourth-order valence-electron chi connectivity index (χ4n) is 7.24. The molecule has 1 aliphatic heterocycles. The van der Waals surface area contributed by atoms with Crippen molar-refractivity contribution in [2.24, 2.45) is 29.1 Å². The zero-order valence-corrected chi connectivity index (χ0v) is 19.4. The first kappa shape index (κ1) is 21.5. The standard InChI is InChI=1S/C26H34N2O4/c1-15(2)22(27-25(31)26-12-16-8-17(13-26)10-18(9-16)14-26)23(29)28-7-6-19-11-20(24(30)32-3)4-5-21(19)28/h4-5,11,15-18,22H,6-10,12-14H2,1-3H3,(H,27,31). The summed E-state index contributed by atoms with van der Waals surface area (Å²) in [7, 11) is 1.37. The largest absolute Gasteiger partial charge is 0.465 e. The van der Waals surface area contributed by atoms with Crippen LogP contribution in [0.15, 0.2) is 18.2 Å². The van der Waals surface area contributed by atoms with Gasteiger partial charge in [-0.25, -0.2) is 4.79 Å². The van der Waals surface area contributed by atoms with Crippen molar-refractivity contribution in [2.45, 2.75) is 64.8 Å². The molecule has 0 aromatic heterocycles. The molecule has 6 nitrogen and oxygen atoms in total. The van der Waals surface area contributed by atoms with Crippen LogP contribution in [0.4, 0.5) is 5.69 Å². The van der Waals surface area contributed by atoms with Gasteiger partial charge in [-0.1, -0.05) is 13.8 Å². The van der Waals surface area contributed by atoms with Crippen LogP contribution >= 0.6 is 0 Å². The van der Waals surface area contributed by atoms with E-state index in [9.17, 15) is 14.4 Å². The molecular weight excluding hydrogens is 404 g/mol. The van der Waals surface area contributed by atoms with Gasteiger partial charge in [-0.05, 0) is 92.4 Å². The summed E-state index contributed by atoms with van der Waals surface area (Å²) in [5.41, 5.74) is 2.03. The van der Waals surface area contributed by atoms with Gasteiger partial charge in [0.1, 0.15) is 6.04 Å². The monoisotopic (exact) mass is 438 g/mol. The summed E-state index contributed by atoms with van der Waals surface area (Å²) >= 11 is 0. The lowest BCUT2D eigenvalue weighted by molar-refractivity contribution is -0.148. The second-order valence-electron chi connectivity index (χ2n) is 11.0. The van der Waals surface area contributed by atoms with Gasteiger partial charge < -0.3 is 15.0 Å². The second kappa shape index (κ2) is 7.89. The number of anilines is 1. The molecule has 32 heavy (non-hydrogen) atoms. The number of nitrogens with one attached hydrogen (secondary N) is 1. The van der Waals surface area contributed by atoms with Crippen LogP contribution in [0.25, 0.3) is 0 Å². The Morgan fingerprint density at radius 2 is 1.69 bits per heavy atom. The maximum absolute atomic E-state index is 13.6. The van der Waals surface area contributed by atoms with E-state index in [0.717, 1.165) is 30.5 Å². The number of amides is 2. The number of fused-ring (bicyclic) bond motifs is 1.